The Morgan fingerprint density at radius 1 is 1.30 bits per heavy atom. The zero-order valence-electron chi connectivity index (χ0n) is 12.9. The molecule has 2 N–H and O–H groups in total. The number of ether oxygens (including phenoxy) is 1. The Morgan fingerprint density at radius 2 is 2.04 bits per heavy atom. The van der Waals surface area contributed by atoms with E-state index in [2.05, 4.69) is 10.6 Å². The molecule has 1 saturated carbocycles. The van der Waals surface area contributed by atoms with Gasteiger partial charge in [-0.2, -0.15) is 0 Å². The summed E-state index contributed by atoms with van der Waals surface area (Å²) in [6.07, 6.45) is 3.95. The topological polar surface area (TPSA) is 67.4 Å². The average Bonchev–Trinajstić information content (AvgIpc) is 2.99. The lowest BCUT2D eigenvalue weighted by Gasteiger charge is -2.29. The summed E-state index contributed by atoms with van der Waals surface area (Å²) >= 11 is 6.04. The molecule has 1 unspecified atom stereocenters. The van der Waals surface area contributed by atoms with Crippen molar-refractivity contribution in [1.29, 1.82) is 0 Å². The highest BCUT2D eigenvalue weighted by atomic mass is 35.5. The van der Waals surface area contributed by atoms with Crippen molar-refractivity contribution in [3.8, 4) is 0 Å². The SMILES string of the molecule is CC1=C(C(=O)OC2CCCC2)C(c2cccc(Cl)c2)NC(=O)N1. The summed E-state index contributed by atoms with van der Waals surface area (Å²) in [4.78, 5) is 24.4. The number of esters is 1. The van der Waals surface area contributed by atoms with Gasteiger partial charge in [0.15, 0.2) is 0 Å². The fourth-order valence-corrected chi connectivity index (χ4v) is 3.32. The van der Waals surface area contributed by atoms with Crippen LogP contribution in [0.1, 0.15) is 44.2 Å². The zero-order chi connectivity index (χ0) is 16.4. The molecule has 6 heteroatoms. The summed E-state index contributed by atoms with van der Waals surface area (Å²) in [6.45, 7) is 1.71. The molecular formula is C17H19ClN2O3. The van der Waals surface area contributed by atoms with Gasteiger partial charge in [-0.25, -0.2) is 9.59 Å². The highest BCUT2D eigenvalue weighted by Crippen LogP contribution is 2.30. The molecule has 0 radical (unpaired) electrons. The lowest BCUT2D eigenvalue weighted by Crippen LogP contribution is -2.45. The maximum Gasteiger partial charge on any atom is 0.338 e. The minimum Gasteiger partial charge on any atom is -0.459 e. The highest BCUT2D eigenvalue weighted by molar-refractivity contribution is 6.30. The number of halogens is 1. The predicted octanol–water partition coefficient (Wildman–Crippen LogP) is 3.45. The smallest absolute Gasteiger partial charge is 0.338 e. The number of carbonyl (C=O) groups is 2. The van der Waals surface area contributed by atoms with Gasteiger partial charge in [-0.05, 0) is 50.3 Å². The van der Waals surface area contributed by atoms with Crippen LogP contribution in [0.5, 0.6) is 0 Å². The van der Waals surface area contributed by atoms with Gasteiger partial charge in [0.1, 0.15) is 6.10 Å². The first-order chi connectivity index (χ1) is 11.0. The Balaban J connectivity index is 1.90. The van der Waals surface area contributed by atoms with Crippen LogP contribution in [0.4, 0.5) is 4.79 Å². The van der Waals surface area contributed by atoms with E-state index >= 15 is 0 Å². The second kappa shape index (κ2) is 6.62. The molecule has 1 aromatic carbocycles. The van der Waals surface area contributed by atoms with E-state index in [9.17, 15) is 9.59 Å². The van der Waals surface area contributed by atoms with Crippen LogP contribution < -0.4 is 10.6 Å². The number of benzene rings is 1. The van der Waals surface area contributed by atoms with Crippen molar-refractivity contribution in [2.75, 3.05) is 0 Å². The summed E-state index contributed by atoms with van der Waals surface area (Å²) in [5.41, 5.74) is 1.70. The third kappa shape index (κ3) is 3.50. The molecule has 2 amide bonds. The molecule has 122 valence electrons. The van der Waals surface area contributed by atoms with Crippen molar-refractivity contribution in [2.24, 2.45) is 0 Å². The Labute approximate surface area is 140 Å². The molecule has 1 heterocycles. The Hall–Kier alpha value is -2.01. The fourth-order valence-electron chi connectivity index (χ4n) is 3.12. The van der Waals surface area contributed by atoms with Gasteiger partial charge in [0.2, 0.25) is 0 Å². The largest absolute Gasteiger partial charge is 0.459 e. The minimum absolute atomic E-state index is 0.0274. The third-order valence-electron chi connectivity index (χ3n) is 4.25. The number of carbonyl (C=O) groups excluding carboxylic acids is 2. The van der Waals surface area contributed by atoms with Gasteiger partial charge in [0.25, 0.3) is 0 Å². The van der Waals surface area contributed by atoms with Crippen LogP contribution in [0.2, 0.25) is 5.02 Å². The first-order valence-electron chi connectivity index (χ1n) is 7.79. The Bertz CT molecular complexity index is 666. The van der Waals surface area contributed by atoms with Gasteiger partial charge in [-0.15, -0.1) is 0 Å². The van der Waals surface area contributed by atoms with E-state index in [1.807, 2.05) is 6.07 Å². The van der Waals surface area contributed by atoms with Crippen LogP contribution in [0, 0.1) is 0 Å². The molecule has 0 spiro atoms. The van der Waals surface area contributed by atoms with Crippen LogP contribution in [0.3, 0.4) is 0 Å². The van der Waals surface area contributed by atoms with Gasteiger partial charge in [-0.3, -0.25) is 0 Å². The van der Waals surface area contributed by atoms with Gasteiger partial charge >= 0.3 is 12.0 Å². The van der Waals surface area contributed by atoms with E-state index < -0.39 is 6.04 Å². The number of amides is 2. The predicted molar refractivity (Wildman–Crippen MR) is 86.9 cm³/mol. The molecule has 23 heavy (non-hydrogen) atoms. The number of nitrogens with one attached hydrogen (secondary N) is 2. The summed E-state index contributed by atoms with van der Waals surface area (Å²) < 4.78 is 5.62. The number of allylic oxidation sites excluding steroid dienone is 1. The lowest BCUT2D eigenvalue weighted by molar-refractivity contribution is -0.144. The second-order valence-corrected chi connectivity index (χ2v) is 6.37. The molecule has 1 aromatic rings. The summed E-state index contributed by atoms with van der Waals surface area (Å²) in [7, 11) is 0. The second-order valence-electron chi connectivity index (χ2n) is 5.94. The zero-order valence-corrected chi connectivity index (χ0v) is 13.7. The Morgan fingerprint density at radius 3 is 2.74 bits per heavy atom. The molecule has 0 aromatic heterocycles. The van der Waals surface area contributed by atoms with Gasteiger partial charge < -0.3 is 15.4 Å². The molecule has 1 fully saturated rings. The molecule has 0 saturated heterocycles. The number of rotatable bonds is 3. The van der Waals surface area contributed by atoms with E-state index in [0.29, 0.717) is 16.3 Å². The van der Waals surface area contributed by atoms with Crippen LogP contribution in [0.15, 0.2) is 35.5 Å². The molecule has 5 nitrogen and oxygen atoms in total. The number of urea groups is 1. The normalized spacial score (nSPS) is 21.8. The minimum atomic E-state index is -0.559. The number of hydrogen-bond acceptors (Lipinski definition) is 3. The summed E-state index contributed by atoms with van der Waals surface area (Å²) in [5.74, 6) is -0.383. The van der Waals surface area contributed by atoms with Crippen LogP contribution in [-0.2, 0) is 9.53 Å². The van der Waals surface area contributed by atoms with E-state index in [-0.39, 0.29) is 18.1 Å². The molecule has 1 aliphatic carbocycles. The number of hydrogen-bond donors (Lipinski definition) is 2. The maximum absolute atomic E-state index is 12.6. The van der Waals surface area contributed by atoms with Gasteiger partial charge in [-0.1, -0.05) is 23.7 Å². The fraction of sp³-hybridized carbons (Fsp3) is 0.412. The van der Waals surface area contributed by atoms with E-state index in [4.69, 9.17) is 16.3 Å². The molecule has 2 aliphatic rings. The quantitative estimate of drug-likeness (QED) is 0.832. The van der Waals surface area contributed by atoms with Gasteiger partial charge in [0.05, 0.1) is 11.6 Å². The van der Waals surface area contributed by atoms with Gasteiger partial charge in [0, 0.05) is 10.7 Å². The lowest BCUT2D eigenvalue weighted by atomic mass is 9.95. The first-order valence-corrected chi connectivity index (χ1v) is 8.17. The highest BCUT2D eigenvalue weighted by Gasteiger charge is 2.33. The van der Waals surface area contributed by atoms with E-state index in [1.54, 1.807) is 25.1 Å². The van der Waals surface area contributed by atoms with Crippen molar-refractivity contribution in [3.05, 3.63) is 46.1 Å². The molecule has 3 rings (SSSR count). The van der Waals surface area contributed by atoms with Crippen LogP contribution in [0.25, 0.3) is 0 Å². The van der Waals surface area contributed by atoms with Crippen molar-refractivity contribution in [2.45, 2.75) is 44.8 Å². The first kappa shape index (κ1) is 15.9. The third-order valence-corrected chi connectivity index (χ3v) is 4.48. The van der Waals surface area contributed by atoms with E-state index in [0.717, 1.165) is 31.2 Å². The Kier molecular flexibility index (Phi) is 4.57. The molecule has 1 atom stereocenters. The molecule has 1 aliphatic heterocycles. The van der Waals surface area contributed by atoms with Crippen LogP contribution >= 0.6 is 11.6 Å². The maximum atomic E-state index is 12.6. The molecule has 0 bridgehead atoms. The van der Waals surface area contributed by atoms with Crippen molar-refractivity contribution in [3.63, 3.8) is 0 Å². The van der Waals surface area contributed by atoms with Crippen LogP contribution in [-0.4, -0.2) is 18.1 Å². The van der Waals surface area contributed by atoms with Crippen molar-refractivity contribution in [1.82, 2.24) is 10.6 Å². The van der Waals surface area contributed by atoms with Crippen molar-refractivity contribution >= 4 is 23.6 Å². The standard InChI is InChI=1S/C17H19ClN2O3/c1-10-14(16(21)23-13-7-2-3-8-13)15(20-17(22)19-10)11-5-4-6-12(18)9-11/h4-6,9,13,15H,2-3,7-8H2,1H3,(H2,19,20,22). The summed E-state index contributed by atoms with van der Waals surface area (Å²) in [5, 5.41) is 5.98. The molecular weight excluding hydrogens is 316 g/mol. The average molecular weight is 335 g/mol. The summed E-state index contributed by atoms with van der Waals surface area (Å²) in [6, 6.07) is 6.22. The van der Waals surface area contributed by atoms with E-state index in [1.165, 1.54) is 0 Å². The monoisotopic (exact) mass is 334 g/mol. The van der Waals surface area contributed by atoms with Crippen molar-refractivity contribution < 1.29 is 14.3 Å².